The Morgan fingerprint density at radius 1 is 1.14 bits per heavy atom. The first kappa shape index (κ1) is 21.5. The van der Waals surface area contributed by atoms with Crippen LogP contribution in [0.1, 0.15) is 63.4 Å². The zero-order valence-electron chi connectivity index (χ0n) is 17.2. The highest BCUT2D eigenvalue weighted by Gasteiger charge is 2.38. The average Bonchev–Trinajstić information content (AvgIpc) is 2.72. The number of hydrogen-bond acceptors (Lipinski definition) is 4. The molecule has 148 valence electrons. The lowest BCUT2D eigenvalue weighted by atomic mass is 9.73. The Bertz CT molecular complexity index is 846. The van der Waals surface area contributed by atoms with E-state index in [2.05, 4.69) is 22.2 Å². The topological polar surface area (TPSA) is 72.0 Å². The molecule has 2 aromatic heterocycles. The molecule has 0 aliphatic rings. The van der Waals surface area contributed by atoms with Crippen LogP contribution in [0, 0.1) is 12.3 Å². The molecule has 0 saturated heterocycles. The molecule has 2 rings (SSSR count). The van der Waals surface area contributed by atoms with E-state index in [9.17, 15) is 9.59 Å². The van der Waals surface area contributed by atoms with Gasteiger partial charge in [0.15, 0.2) is 0 Å². The maximum Gasteiger partial charge on any atom is 0.236 e. The van der Waals surface area contributed by atoms with Crippen LogP contribution in [-0.4, -0.2) is 22.3 Å². The number of carbonyl (C=O) groups excluding carboxylic acids is 2. The first-order valence-corrected chi connectivity index (χ1v) is 9.81. The van der Waals surface area contributed by atoms with E-state index in [1.165, 1.54) is 0 Å². The highest BCUT2D eigenvalue weighted by molar-refractivity contribution is 5.95. The Labute approximate surface area is 167 Å². The van der Waals surface area contributed by atoms with Crippen molar-refractivity contribution in [1.29, 1.82) is 0 Å². The molecule has 1 atom stereocenters. The van der Waals surface area contributed by atoms with Gasteiger partial charge >= 0.3 is 0 Å². The third kappa shape index (κ3) is 4.53. The number of nitrogens with one attached hydrogen (secondary N) is 1. The fourth-order valence-electron chi connectivity index (χ4n) is 3.43. The zero-order valence-corrected chi connectivity index (χ0v) is 17.2. The maximum absolute atomic E-state index is 12.9. The molecule has 2 amide bonds. The minimum Gasteiger partial charge on any atom is -0.298 e. The van der Waals surface area contributed by atoms with E-state index < -0.39 is 5.41 Å². The SMILES string of the molecule is CCCC/C(=C(/c1ccccn1)c1ncccc1C)[C@@](C)(CC)C(=O)NC=O. The summed E-state index contributed by atoms with van der Waals surface area (Å²) in [5.41, 5.74) is 3.65. The number of pyridine rings is 2. The second-order valence-electron chi connectivity index (χ2n) is 7.12. The standard InChI is InChI=1S/C23H29N3O2/c1-5-7-12-18(23(4,6-2)22(28)26-16-27)20(19-13-8-9-14-24-19)21-17(3)11-10-15-25-21/h8-11,13-16H,5-7,12H2,1-4H3,(H,26,27,28)/b20-18+/t23-/m1/s1. The van der Waals surface area contributed by atoms with Crippen molar-refractivity contribution in [2.45, 2.75) is 53.4 Å². The number of aryl methyl sites for hydroxylation is 1. The molecule has 0 unspecified atom stereocenters. The fourth-order valence-corrected chi connectivity index (χ4v) is 3.43. The number of hydrogen-bond donors (Lipinski definition) is 1. The van der Waals surface area contributed by atoms with Gasteiger partial charge in [0.1, 0.15) is 0 Å². The van der Waals surface area contributed by atoms with Gasteiger partial charge in [-0.15, -0.1) is 0 Å². The van der Waals surface area contributed by atoms with Crippen LogP contribution in [-0.2, 0) is 9.59 Å². The Morgan fingerprint density at radius 2 is 1.89 bits per heavy atom. The largest absolute Gasteiger partial charge is 0.298 e. The summed E-state index contributed by atoms with van der Waals surface area (Å²) in [6.45, 7) is 8.01. The maximum atomic E-state index is 12.9. The highest BCUT2D eigenvalue weighted by atomic mass is 16.2. The minimum absolute atomic E-state index is 0.293. The summed E-state index contributed by atoms with van der Waals surface area (Å²) in [5.74, 6) is -0.293. The normalized spacial score (nSPS) is 14.0. The van der Waals surface area contributed by atoms with Gasteiger partial charge in [0, 0.05) is 18.0 Å². The fraction of sp³-hybridized carbons (Fsp3) is 0.391. The van der Waals surface area contributed by atoms with Crippen molar-refractivity contribution < 1.29 is 9.59 Å². The molecule has 0 spiro atoms. The highest BCUT2D eigenvalue weighted by Crippen LogP contribution is 2.42. The first-order chi connectivity index (χ1) is 13.5. The van der Waals surface area contributed by atoms with Crippen LogP contribution in [0.5, 0.6) is 0 Å². The Kier molecular flexibility index (Phi) is 7.61. The van der Waals surface area contributed by atoms with E-state index in [1.54, 1.807) is 12.4 Å². The molecule has 0 radical (unpaired) electrons. The summed E-state index contributed by atoms with van der Waals surface area (Å²) >= 11 is 0. The second-order valence-corrected chi connectivity index (χ2v) is 7.12. The molecule has 0 saturated carbocycles. The molecule has 2 heterocycles. The molecule has 5 nitrogen and oxygen atoms in total. The summed E-state index contributed by atoms with van der Waals surface area (Å²) in [6.07, 6.45) is 7.19. The van der Waals surface area contributed by atoms with Crippen LogP contribution in [0.15, 0.2) is 48.3 Å². The van der Waals surface area contributed by atoms with Crippen molar-refractivity contribution >= 4 is 17.9 Å². The molecule has 0 aliphatic carbocycles. The quantitative estimate of drug-likeness (QED) is 0.653. The van der Waals surface area contributed by atoms with Crippen LogP contribution >= 0.6 is 0 Å². The van der Waals surface area contributed by atoms with Crippen molar-refractivity contribution in [3.05, 3.63) is 65.2 Å². The molecule has 0 bridgehead atoms. The smallest absolute Gasteiger partial charge is 0.236 e. The molecular formula is C23H29N3O2. The first-order valence-electron chi connectivity index (χ1n) is 9.81. The summed E-state index contributed by atoms with van der Waals surface area (Å²) in [6, 6.07) is 9.67. The van der Waals surface area contributed by atoms with Gasteiger partial charge in [-0.05, 0) is 62.4 Å². The summed E-state index contributed by atoms with van der Waals surface area (Å²) in [5, 5.41) is 2.37. The van der Waals surface area contributed by atoms with Gasteiger partial charge in [-0.3, -0.25) is 24.9 Å². The Balaban J connectivity index is 2.86. The molecule has 5 heteroatoms. The zero-order chi connectivity index (χ0) is 20.6. The van der Waals surface area contributed by atoms with Crippen LogP contribution in [0.3, 0.4) is 0 Å². The molecular weight excluding hydrogens is 350 g/mol. The van der Waals surface area contributed by atoms with Crippen molar-refractivity contribution in [1.82, 2.24) is 15.3 Å². The predicted octanol–water partition coefficient (Wildman–Crippen LogP) is 4.47. The molecule has 1 N–H and O–H groups in total. The van der Waals surface area contributed by atoms with E-state index in [-0.39, 0.29) is 5.91 Å². The lowest BCUT2D eigenvalue weighted by molar-refractivity contribution is -0.131. The monoisotopic (exact) mass is 379 g/mol. The van der Waals surface area contributed by atoms with Gasteiger partial charge in [0.2, 0.25) is 12.3 Å². The van der Waals surface area contributed by atoms with Crippen molar-refractivity contribution in [3.8, 4) is 0 Å². The molecule has 2 aromatic rings. The molecule has 28 heavy (non-hydrogen) atoms. The molecule has 0 fully saturated rings. The Morgan fingerprint density at radius 3 is 2.46 bits per heavy atom. The third-order valence-electron chi connectivity index (χ3n) is 5.31. The number of rotatable bonds is 9. The lowest BCUT2D eigenvalue weighted by Crippen LogP contribution is -2.40. The average molecular weight is 380 g/mol. The second kappa shape index (κ2) is 9.93. The van der Waals surface area contributed by atoms with Gasteiger partial charge in [0.25, 0.3) is 0 Å². The number of carbonyl (C=O) groups is 2. The van der Waals surface area contributed by atoms with Crippen LogP contribution in [0.4, 0.5) is 0 Å². The van der Waals surface area contributed by atoms with E-state index in [4.69, 9.17) is 0 Å². The van der Waals surface area contributed by atoms with E-state index in [1.807, 2.05) is 51.1 Å². The number of nitrogens with zero attached hydrogens (tertiary/aromatic N) is 2. The number of unbranched alkanes of at least 4 members (excludes halogenated alkanes) is 1. The van der Waals surface area contributed by atoms with Crippen LogP contribution < -0.4 is 5.32 Å². The summed E-state index contributed by atoms with van der Waals surface area (Å²) < 4.78 is 0. The van der Waals surface area contributed by atoms with Gasteiger partial charge < -0.3 is 0 Å². The van der Waals surface area contributed by atoms with Crippen molar-refractivity contribution in [2.24, 2.45) is 5.41 Å². The third-order valence-corrected chi connectivity index (χ3v) is 5.31. The lowest BCUT2D eigenvalue weighted by Gasteiger charge is -2.32. The number of imide groups is 1. The minimum atomic E-state index is -0.840. The van der Waals surface area contributed by atoms with E-state index in [0.717, 1.165) is 47.4 Å². The predicted molar refractivity (Wildman–Crippen MR) is 111 cm³/mol. The van der Waals surface area contributed by atoms with Gasteiger partial charge in [-0.1, -0.05) is 32.4 Å². The molecule has 0 aromatic carbocycles. The summed E-state index contributed by atoms with van der Waals surface area (Å²) in [7, 11) is 0. The van der Waals surface area contributed by atoms with Crippen LogP contribution in [0.25, 0.3) is 5.57 Å². The number of aromatic nitrogens is 2. The van der Waals surface area contributed by atoms with Gasteiger partial charge in [-0.25, -0.2) is 0 Å². The summed E-state index contributed by atoms with van der Waals surface area (Å²) in [4.78, 5) is 33.2. The van der Waals surface area contributed by atoms with Crippen molar-refractivity contribution in [3.63, 3.8) is 0 Å². The van der Waals surface area contributed by atoms with Crippen molar-refractivity contribution in [2.75, 3.05) is 0 Å². The van der Waals surface area contributed by atoms with E-state index in [0.29, 0.717) is 12.8 Å². The molecule has 0 aliphatic heterocycles. The Hall–Kier alpha value is -2.82. The number of amides is 2. The van der Waals surface area contributed by atoms with E-state index >= 15 is 0 Å². The van der Waals surface area contributed by atoms with Gasteiger partial charge in [-0.2, -0.15) is 0 Å². The van der Waals surface area contributed by atoms with Crippen LogP contribution in [0.2, 0.25) is 0 Å². The van der Waals surface area contributed by atoms with Gasteiger partial charge in [0.05, 0.1) is 16.8 Å².